The van der Waals surface area contributed by atoms with Crippen LogP contribution in [0.25, 0.3) is 0 Å². The van der Waals surface area contributed by atoms with E-state index in [1.54, 1.807) is 0 Å². The molecule has 0 aliphatic heterocycles. The monoisotopic (exact) mass is 182 g/mol. The lowest BCUT2D eigenvalue weighted by atomic mass is 10.4. The second kappa shape index (κ2) is 7.95. The molecule has 0 saturated heterocycles. The van der Waals surface area contributed by atoms with Crippen molar-refractivity contribution in [2.75, 3.05) is 6.61 Å². The van der Waals surface area contributed by atoms with E-state index < -0.39 is 7.82 Å². The molecular formula is C6H15O4P. The van der Waals surface area contributed by atoms with Gasteiger partial charge in [-0.05, 0) is 6.42 Å². The molecule has 0 atom stereocenters. The van der Waals surface area contributed by atoms with E-state index in [0.29, 0.717) is 6.42 Å². The van der Waals surface area contributed by atoms with Crippen LogP contribution in [0.2, 0.25) is 0 Å². The minimum atomic E-state index is -4.20. The van der Waals surface area contributed by atoms with Crippen molar-refractivity contribution in [1.29, 1.82) is 0 Å². The Labute approximate surface area is 67.1 Å². The van der Waals surface area contributed by atoms with Crippen molar-refractivity contribution in [2.24, 2.45) is 0 Å². The summed E-state index contributed by atoms with van der Waals surface area (Å²) in [6.45, 7) is 8.06. The lowest BCUT2D eigenvalue weighted by Gasteiger charge is -2.02. The first-order valence-electron chi connectivity index (χ1n) is 3.26. The zero-order valence-electron chi connectivity index (χ0n) is 6.69. The van der Waals surface area contributed by atoms with Gasteiger partial charge >= 0.3 is 7.82 Å². The zero-order valence-corrected chi connectivity index (χ0v) is 7.59. The van der Waals surface area contributed by atoms with Gasteiger partial charge < -0.3 is 9.79 Å². The summed E-state index contributed by atoms with van der Waals surface area (Å²) in [6, 6.07) is 0. The van der Waals surface area contributed by atoms with E-state index >= 15 is 0 Å². The number of unbranched alkanes of at least 4 members (excludes halogenated alkanes) is 1. The Morgan fingerprint density at radius 3 is 2.18 bits per heavy atom. The third-order valence-corrected chi connectivity index (χ3v) is 1.28. The van der Waals surface area contributed by atoms with Gasteiger partial charge in [0.25, 0.3) is 0 Å². The molecule has 0 unspecified atom stereocenters. The molecule has 68 valence electrons. The van der Waals surface area contributed by atoms with Crippen LogP contribution in [-0.2, 0) is 9.09 Å². The normalized spacial score (nSPS) is 10.1. The standard InChI is InChI=1S/C4H11O4P.C2H4/c1-2-3-4-8-9(5,6)7;1-2/h2-4H2,1H3,(H2,5,6,7);1-2H2. The fraction of sp³-hybridized carbons (Fsp3) is 0.667. The first-order valence-corrected chi connectivity index (χ1v) is 4.79. The summed E-state index contributed by atoms with van der Waals surface area (Å²) >= 11 is 0. The van der Waals surface area contributed by atoms with Gasteiger partial charge in [0.2, 0.25) is 0 Å². The van der Waals surface area contributed by atoms with Gasteiger partial charge in [0.05, 0.1) is 6.61 Å². The number of phosphoric acid groups is 1. The molecule has 0 aromatic heterocycles. The van der Waals surface area contributed by atoms with E-state index in [1.807, 2.05) is 6.92 Å². The van der Waals surface area contributed by atoms with Crippen LogP contribution in [0.5, 0.6) is 0 Å². The van der Waals surface area contributed by atoms with E-state index in [-0.39, 0.29) is 6.61 Å². The average molecular weight is 182 g/mol. The number of hydrogen-bond acceptors (Lipinski definition) is 2. The molecule has 0 aromatic rings. The second-order valence-electron chi connectivity index (χ2n) is 1.68. The lowest BCUT2D eigenvalue weighted by Crippen LogP contribution is -1.90. The molecule has 0 saturated carbocycles. The summed E-state index contributed by atoms with van der Waals surface area (Å²) in [5.41, 5.74) is 0. The second-order valence-corrected chi connectivity index (χ2v) is 2.92. The molecule has 0 fully saturated rings. The van der Waals surface area contributed by atoms with Crippen LogP contribution in [0.3, 0.4) is 0 Å². The number of hydrogen-bond donors (Lipinski definition) is 2. The summed E-state index contributed by atoms with van der Waals surface area (Å²) in [7, 11) is -4.20. The Hall–Kier alpha value is -0.150. The average Bonchev–Trinajstić information content (AvgIpc) is 1.90. The van der Waals surface area contributed by atoms with E-state index in [4.69, 9.17) is 9.79 Å². The third kappa shape index (κ3) is 17.7. The van der Waals surface area contributed by atoms with Crippen LogP contribution < -0.4 is 0 Å². The molecule has 0 spiro atoms. The Morgan fingerprint density at radius 1 is 1.45 bits per heavy atom. The predicted molar refractivity (Wildman–Crippen MR) is 44.2 cm³/mol. The molecule has 0 radical (unpaired) electrons. The van der Waals surface area contributed by atoms with E-state index in [1.165, 1.54) is 0 Å². The van der Waals surface area contributed by atoms with Crippen LogP contribution in [0, 0.1) is 0 Å². The smallest absolute Gasteiger partial charge is 0.303 e. The molecule has 11 heavy (non-hydrogen) atoms. The molecule has 2 N–H and O–H groups in total. The van der Waals surface area contributed by atoms with Crippen molar-refractivity contribution in [3.63, 3.8) is 0 Å². The summed E-state index contributed by atoms with van der Waals surface area (Å²) in [6.07, 6.45) is 1.56. The Kier molecular flexibility index (Phi) is 9.72. The number of rotatable bonds is 4. The Bertz CT molecular complexity index is 120. The lowest BCUT2D eigenvalue weighted by molar-refractivity contribution is 0.194. The van der Waals surface area contributed by atoms with Crippen molar-refractivity contribution >= 4 is 7.82 Å². The fourth-order valence-corrected chi connectivity index (χ4v) is 0.695. The van der Waals surface area contributed by atoms with Gasteiger partial charge in [-0.1, -0.05) is 13.3 Å². The van der Waals surface area contributed by atoms with Crippen molar-refractivity contribution in [1.82, 2.24) is 0 Å². The van der Waals surface area contributed by atoms with Gasteiger partial charge in [0.1, 0.15) is 0 Å². The minimum absolute atomic E-state index is 0.140. The van der Waals surface area contributed by atoms with Crippen molar-refractivity contribution < 1.29 is 18.9 Å². The van der Waals surface area contributed by atoms with Gasteiger partial charge in [-0.15, -0.1) is 13.2 Å². The van der Waals surface area contributed by atoms with Crippen LogP contribution in [-0.4, -0.2) is 16.4 Å². The molecule has 0 aliphatic rings. The fourth-order valence-electron chi connectivity index (χ4n) is 0.328. The Balaban J connectivity index is 0. The van der Waals surface area contributed by atoms with Gasteiger partial charge in [0.15, 0.2) is 0 Å². The molecular weight excluding hydrogens is 167 g/mol. The maximum Gasteiger partial charge on any atom is 0.469 e. The first-order chi connectivity index (χ1) is 5.06. The van der Waals surface area contributed by atoms with Gasteiger partial charge in [-0.2, -0.15) is 0 Å². The van der Waals surface area contributed by atoms with Crippen molar-refractivity contribution in [3.8, 4) is 0 Å². The summed E-state index contributed by atoms with van der Waals surface area (Å²) in [5, 5.41) is 0. The van der Waals surface area contributed by atoms with Crippen molar-refractivity contribution in [3.05, 3.63) is 13.2 Å². The highest BCUT2D eigenvalue weighted by Crippen LogP contribution is 2.35. The van der Waals surface area contributed by atoms with Gasteiger partial charge in [-0.25, -0.2) is 4.57 Å². The van der Waals surface area contributed by atoms with E-state index in [2.05, 4.69) is 17.7 Å². The molecule has 4 nitrogen and oxygen atoms in total. The summed E-state index contributed by atoms with van der Waals surface area (Å²) < 4.78 is 14.1. The molecule has 0 bridgehead atoms. The predicted octanol–water partition coefficient (Wildman–Crippen LogP) is 1.70. The van der Waals surface area contributed by atoms with Crippen LogP contribution in [0.15, 0.2) is 13.2 Å². The minimum Gasteiger partial charge on any atom is -0.303 e. The summed E-state index contributed by atoms with van der Waals surface area (Å²) in [5.74, 6) is 0. The van der Waals surface area contributed by atoms with E-state index in [0.717, 1.165) is 6.42 Å². The third-order valence-electron chi connectivity index (χ3n) is 0.757. The largest absolute Gasteiger partial charge is 0.469 e. The highest BCUT2D eigenvalue weighted by atomic mass is 31.2. The molecule has 0 aliphatic carbocycles. The topological polar surface area (TPSA) is 66.8 Å². The maximum absolute atomic E-state index is 9.98. The van der Waals surface area contributed by atoms with Gasteiger partial charge in [0, 0.05) is 0 Å². The first kappa shape index (κ1) is 13.4. The molecule has 5 heteroatoms. The van der Waals surface area contributed by atoms with Gasteiger partial charge in [-0.3, -0.25) is 4.52 Å². The van der Waals surface area contributed by atoms with E-state index in [9.17, 15) is 4.57 Å². The highest BCUT2D eigenvalue weighted by Gasteiger charge is 2.11. The highest BCUT2D eigenvalue weighted by molar-refractivity contribution is 7.46. The molecule has 0 heterocycles. The molecule has 0 rings (SSSR count). The quantitative estimate of drug-likeness (QED) is 0.394. The molecule has 0 amide bonds. The maximum atomic E-state index is 9.98. The summed E-state index contributed by atoms with van der Waals surface area (Å²) in [4.78, 5) is 16.3. The van der Waals surface area contributed by atoms with Crippen LogP contribution >= 0.6 is 7.82 Å². The molecule has 0 aromatic carbocycles. The van der Waals surface area contributed by atoms with Crippen molar-refractivity contribution in [2.45, 2.75) is 19.8 Å². The SMILES string of the molecule is C=C.CCCCOP(=O)(O)O. The van der Waals surface area contributed by atoms with Crippen LogP contribution in [0.1, 0.15) is 19.8 Å². The van der Waals surface area contributed by atoms with Crippen LogP contribution in [0.4, 0.5) is 0 Å². The number of phosphoric ester groups is 1. The Morgan fingerprint density at radius 2 is 1.91 bits per heavy atom. The zero-order chi connectivity index (χ0) is 9.33.